The first-order chi connectivity index (χ1) is 13.2. The highest BCUT2D eigenvalue weighted by Gasteiger charge is 2.12. The van der Waals surface area contributed by atoms with Gasteiger partial charge in [0.05, 0.1) is 11.9 Å². The third-order valence-corrected chi connectivity index (χ3v) is 5.13. The number of nitrogens with zero attached hydrogens (tertiary/aromatic N) is 3. The highest BCUT2D eigenvalue weighted by atomic mass is 32.2. The zero-order valence-corrected chi connectivity index (χ0v) is 15.3. The maximum Gasteiger partial charge on any atom is 0.255 e. The number of benzene rings is 2. The van der Waals surface area contributed by atoms with Crippen LogP contribution in [0.4, 0.5) is 5.69 Å². The molecule has 0 spiro atoms. The smallest absolute Gasteiger partial charge is 0.255 e. The van der Waals surface area contributed by atoms with Crippen LogP contribution in [-0.2, 0) is 7.05 Å². The fourth-order valence-electron chi connectivity index (χ4n) is 2.55. The van der Waals surface area contributed by atoms with Crippen molar-refractivity contribution in [3.63, 3.8) is 0 Å². The zero-order chi connectivity index (χ0) is 18.6. The van der Waals surface area contributed by atoms with Gasteiger partial charge in [-0.05, 0) is 36.0 Å². The lowest BCUT2D eigenvalue weighted by molar-refractivity contribution is 0.102. The average molecular weight is 376 g/mol. The van der Waals surface area contributed by atoms with E-state index < -0.39 is 0 Å². The lowest BCUT2D eigenvalue weighted by Crippen LogP contribution is -2.12. The zero-order valence-electron chi connectivity index (χ0n) is 14.5. The standard InChI is InChI=1S/C20H16N4O2S/c1-24-11-10-22-20(24)27-18-5-3-2-4-16(18)23-19(25)15-8-6-14(7-9-15)17-12-21-13-26-17/h2-13H,1H3,(H,23,25). The SMILES string of the molecule is Cn1ccnc1Sc1ccccc1NC(=O)c1ccc(-c2cnco2)cc1. The van der Waals surface area contributed by atoms with E-state index in [1.54, 1.807) is 24.5 Å². The van der Waals surface area contributed by atoms with Crippen molar-refractivity contribution in [3.05, 3.63) is 79.1 Å². The van der Waals surface area contributed by atoms with Gasteiger partial charge in [-0.3, -0.25) is 4.79 Å². The van der Waals surface area contributed by atoms with Crippen LogP contribution in [0, 0.1) is 0 Å². The molecule has 0 saturated carbocycles. The quantitative estimate of drug-likeness (QED) is 0.556. The largest absolute Gasteiger partial charge is 0.444 e. The molecule has 2 aromatic carbocycles. The molecule has 0 fully saturated rings. The van der Waals surface area contributed by atoms with Crippen molar-refractivity contribution in [1.82, 2.24) is 14.5 Å². The Bertz CT molecular complexity index is 1060. The summed E-state index contributed by atoms with van der Waals surface area (Å²) in [4.78, 5) is 21.8. The molecular weight excluding hydrogens is 360 g/mol. The Balaban J connectivity index is 1.52. The molecule has 1 amide bonds. The molecule has 0 radical (unpaired) electrons. The Morgan fingerprint density at radius 3 is 2.67 bits per heavy atom. The van der Waals surface area contributed by atoms with E-state index in [-0.39, 0.29) is 5.91 Å². The van der Waals surface area contributed by atoms with Crippen LogP contribution in [0.15, 0.2) is 88.0 Å². The molecule has 2 aromatic heterocycles. The number of rotatable bonds is 5. The van der Waals surface area contributed by atoms with Gasteiger partial charge in [0.15, 0.2) is 17.3 Å². The van der Waals surface area contributed by atoms with Gasteiger partial charge in [0, 0.05) is 35.5 Å². The Hall–Kier alpha value is -3.32. The number of amides is 1. The Morgan fingerprint density at radius 1 is 1.15 bits per heavy atom. The Kier molecular flexibility index (Phi) is 4.76. The van der Waals surface area contributed by atoms with Gasteiger partial charge in [-0.15, -0.1) is 0 Å². The van der Waals surface area contributed by atoms with Crippen LogP contribution in [0.3, 0.4) is 0 Å². The van der Waals surface area contributed by atoms with Crippen LogP contribution in [-0.4, -0.2) is 20.4 Å². The molecule has 2 heterocycles. The number of anilines is 1. The molecule has 0 aliphatic rings. The first-order valence-electron chi connectivity index (χ1n) is 8.25. The second-order valence-electron chi connectivity index (χ2n) is 5.82. The van der Waals surface area contributed by atoms with Gasteiger partial charge in [0.25, 0.3) is 5.91 Å². The summed E-state index contributed by atoms with van der Waals surface area (Å²) in [5.74, 6) is 0.491. The van der Waals surface area contributed by atoms with Crippen molar-refractivity contribution in [2.45, 2.75) is 10.1 Å². The second kappa shape index (κ2) is 7.51. The molecular formula is C20H16N4O2S. The number of carbonyl (C=O) groups is 1. The minimum absolute atomic E-state index is 0.174. The minimum Gasteiger partial charge on any atom is -0.444 e. The summed E-state index contributed by atoms with van der Waals surface area (Å²) in [6.45, 7) is 0. The number of aromatic nitrogens is 3. The summed E-state index contributed by atoms with van der Waals surface area (Å²) < 4.78 is 7.20. The van der Waals surface area contributed by atoms with E-state index in [1.165, 1.54) is 18.2 Å². The predicted octanol–water partition coefficient (Wildman–Crippen LogP) is 4.48. The van der Waals surface area contributed by atoms with E-state index in [1.807, 2.05) is 54.2 Å². The number of aryl methyl sites for hydroxylation is 1. The predicted molar refractivity (Wildman–Crippen MR) is 104 cm³/mol. The molecule has 0 bridgehead atoms. The molecule has 4 aromatic rings. The number of imidazole rings is 1. The van der Waals surface area contributed by atoms with Gasteiger partial charge < -0.3 is 14.3 Å². The minimum atomic E-state index is -0.174. The van der Waals surface area contributed by atoms with Gasteiger partial charge >= 0.3 is 0 Å². The lowest BCUT2D eigenvalue weighted by Gasteiger charge is -2.11. The summed E-state index contributed by atoms with van der Waals surface area (Å²) >= 11 is 1.50. The summed E-state index contributed by atoms with van der Waals surface area (Å²) in [7, 11) is 1.94. The van der Waals surface area contributed by atoms with Crippen LogP contribution in [0.2, 0.25) is 0 Å². The summed E-state index contributed by atoms with van der Waals surface area (Å²) in [6, 6.07) is 14.9. The maximum absolute atomic E-state index is 12.7. The van der Waals surface area contributed by atoms with E-state index in [0.29, 0.717) is 11.3 Å². The van der Waals surface area contributed by atoms with Gasteiger partial charge in [-0.25, -0.2) is 9.97 Å². The first kappa shape index (κ1) is 17.1. The van der Waals surface area contributed by atoms with Crippen LogP contribution >= 0.6 is 11.8 Å². The average Bonchev–Trinajstić information content (AvgIpc) is 3.36. The number of para-hydroxylation sites is 1. The number of oxazole rings is 1. The summed E-state index contributed by atoms with van der Waals surface area (Å²) in [5.41, 5.74) is 2.18. The maximum atomic E-state index is 12.7. The fourth-order valence-corrected chi connectivity index (χ4v) is 3.44. The van der Waals surface area contributed by atoms with Crippen molar-refractivity contribution in [2.24, 2.45) is 7.05 Å². The molecule has 6 nitrogen and oxygen atoms in total. The van der Waals surface area contributed by atoms with Crippen LogP contribution in [0.5, 0.6) is 0 Å². The van der Waals surface area contributed by atoms with E-state index in [2.05, 4.69) is 15.3 Å². The molecule has 0 unspecified atom stereocenters. The molecule has 134 valence electrons. The molecule has 0 atom stereocenters. The molecule has 0 saturated heterocycles. The summed E-state index contributed by atoms with van der Waals surface area (Å²) in [5, 5.41) is 3.84. The topological polar surface area (TPSA) is 73.0 Å². The lowest BCUT2D eigenvalue weighted by atomic mass is 10.1. The van der Waals surface area contributed by atoms with Crippen molar-refractivity contribution in [1.29, 1.82) is 0 Å². The Morgan fingerprint density at radius 2 is 1.96 bits per heavy atom. The van der Waals surface area contributed by atoms with Gasteiger partial charge in [-0.2, -0.15) is 0 Å². The third kappa shape index (κ3) is 3.78. The molecule has 27 heavy (non-hydrogen) atoms. The Labute approximate surface area is 160 Å². The third-order valence-electron chi connectivity index (χ3n) is 3.98. The number of hydrogen-bond acceptors (Lipinski definition) is 5. The molecule has 4 rings (SSSR count). The van der Waals surface area contributed by atoms with Gasteiger partial charge in [-0.1, -0.05) is 24.3 Å². The molecule has 1 N–H and O–H groups in total. The molecule has 0 aliphatic carbocycles. The van der Waals surface area contributed by atoms with Gasteiger partial charge in [0.1, 0.15) is 0 Å². The van der Waals surface area contributed by atoms with E-state index in [4.69, 9.17) is 4.42 Å². The molecule has 7 heteroatoms. The van der Waals surface area contributed by atoms with E-state index in [0.717, 1.165) is 21.3 Å². The van der Waals surface area contributed by atoms with Crippen LogP contribution in [0.1, 0.15) is 10.4 Å². The van der Waals surface area contributed by atoms with Gasteiger partial charge in [0.2, 0.25) is 0 Å². The normalized spacial score (nSPS) is 10.7. The van der Waals surface area contributed by atoms with Crippen LogP contribution in [0.25, 0.3) is 11.3 Å². The van der Waals surface area contributed by atoms with Crippen molar-refractivity contribution < 1.29 is 9.21 Å². The highest BCUT2D eigenvalue weighted by Crippen LogP contribution is 2.32. The van der Waals surface area contributed by atoms with Crippen LogP contribution < -0.4 is 5.32 Å². The fraction of sp³-hybridized carbons (Fsp3) is 0.0500. The van der Waals surface area contributed by atoms with E-state index >= 15 is 0 Å². The van der Waals surface area contributed by atoms with Crippen molar-refractivity contribution >= 4 is 23.4 Å². The van der Waals surface area contributed by atoms with Crippen molar-refractivity contribution in [3.8, 4) is 11.3 Å². The van der Waals surface area contributed by atoms with Crippen molar-refractivity contribution in [2.75, 3.05) is 5.32 Å². The van der Waals surface area contributed by atoms with E-state index in [9.17, 15) is 4.79 Å². The molecule has 0 aliphatic heterocycles. The number of nitrogens with one attached hydrogen (secondary N) is 1. The number of carbonyl (C=O) groups excluding carboxylic acids is 1. The first-order valence-corrected chi connectivity index (χ1v) is 9.07. The summed E-state index contributed by atoms with van der Waals surface area (Å²) in [6.07, 6.45) is 6.66. The second-order valence-corrected chi connectivity index (χ2v) is 6.83. The highest BCUT2D eigenvalue weighted by molar-refractivity contribution is 7.99. The number of hydrogen-bond donors (Lipinski definition) is 1. The monoisotopic (exact) mass is 376 g/mol.